The fraction of sp³-hybridized carbons (Fsp3) is 0.0556. The van der Waals surface area contributed by atoms with Gasteiger partial charge in [-0.1, -0.05) is 29.8 Å². The molecule has 3 aromatic rings. The summed E-state index contributed by atoms with van der Waals surface area (Å²) >= 11 is 0. The van der Waals surface area contributed by atoms with Gasteiger partial charge in [0.1, 0.15) is 11.8 Å². The van der Waals surface area contributed by atoms with Crippen molar-refractivity contribution >= 4 is 5.97 Å². The fourth-order valence-corrected chi connectivity index (χ4v) is 2.27. The van der Waals surface area contributed by atoms with E-state index in [1.54, 1.807) is 23.0 Å². The van der Waals surface area contributed by atoms with Crippen LogP contribution in [-0.4, -0.2) is 20.9 Å². The number of carboxylic acids is 1. The van der Waals surface area contributed by atoms with Crippen LogP contribution in [0.25, 0.3) is 16.9 Å². The van der Waals surface area contributed by atoms with E-state index in [1.807, 2.05) is 31.2 Å². The minimum absolute atomic E-state index is 0.208. The van der Waals surface area contributed by atoms with Crippen molar-refractivity contribution in [3.8, 4) is 23.0 Å². The second-order valence-electron chi connectivity index (χ2n) is 5.17. The molecule has 0 aliphatic rings. The summed E-state index contributed by atoms with van der Waals surface area (Å²) in [7, 11) is 0. The van der Waals surface area contributed by atoms with Gasteiger partial charge in [-0.3, -0.25) is 0 Å². The van der Waals surface area contributed by atoms with Crippen LogP contribution in [0, 0.1) is 18.3 Å². The summed E-state index contributed by atoms with van der Waals surface area (Å²) in [6.07, 6.45) is 1.64. The van der Waals surface area contributed by atoms with Crippen molar-refractivity contribution in [2.45, 2.75) is 6.92 Å². The average Bonchev–Trinajstić information content (AvgIpc) is 3.00. The van der Waals surface area contributed by atoms with Crippen LogP contribution in [0.15, 0.2) is 54.7 Å². The standard InChI is InChI=1S/C18H13N3O2/c1-12-2-4-13(5-3-12)17-15(10-19)11-21(20-17)16-8-6-14(7-9-16)18(22)23/h2-9,11H,1H3,(H,22,23). The predicted molar refractivity (Wildman–Crippen MR) is 85.4 cm³/mol. The monoisotopic (exact) mass is 303 g/mol. The topological polar surface area (TPSA) is 78.9 Å². The van der Waals surface area contributed by atoms with Crippen LogP contribution in [0.4, 0.5) is 0 Å². The van der Waals surface area contributed by atoms with E-state index < -0.39 is 5.97 Å². The Labute approximate surface area is 133 Å². The first-order valence-corrected chi connectivity index (χ1v) is 6.99. The number of aryl methyl sites for hydroxylation is 1. The van der Waals surface area contributed by atoms with Crippen LogP contribution in [0.5, 0.6) is 0 Å². The molecule has 0 spiro atoms. The highest BCUT2D eigenvalue weighted by molar-refractivity contribution is 5.87. The minimum atomic E-state index is -0.977. The third-order valence-electron chi connectivity index (χ3n) is 3.54. The molecule has 1 N–H and O–H groups in total. The zero-order valence-corrected chi connectivity index (χ0v) is 12.4. The third kappa shape index (κ3) is 2.83. The van der Waals surface area contributed by atoms with Crippen molar-refractivity contribution in [2.75, 3.05) is 0 Å². The number of hydrogen-bond donors (Lipinski definition) is 1. The van der Waals surface area contributed by atoms with E-state index in [-0.39, 0.29) is 5.56 Å². The van der Waals surface area contributed by atoms with Crippen LogP contribution in [0.3, 0.4) is 0 Å². The Bertz CT molecular complexity index is 901. The molecule has 5 nitrogen and oxygen atoms in total. The Morgan fingerprint density at radius 3 is 2.35 bits per heavy atom. The number of rotatable bonds is 3. The Kier molecular flexibility index (Phi) is 3.65. The molecule has 0 fully saturated rings. The van der Waals surface area contributed by atoms with Gasteiger partial charge in [-0.25, -0.2) is 9.48 Å². The number of benzene rings is 2. The number of nitrogens with zero attached hydrogens (tertiary/aromatic N) is 3. The van der Waals surface area contributed by atoms with Crippen LogP contribution >= 0.6 is 0 Å². The van der Waals surface area contributed by atoms with E-state index in [1.165, 1.54) is 12.1 Å². The summed E-state index contributed by atoms with van der Waals surface area (Å²) in [5.41, 5.74) is 3.99. The number of nitriles is 1. The summed E-state index contributed by atoms with van der Waals surface area (Å²) in [5.74, 6) is -0.977. The van der Waals surface area contributed by atoms with E-state index in [0.717, 1.165) is 11.1 Å². The van der Waals surface area contributed by atoms with Crippen LogP contribution in [0.1, 0.15) is 21.5 Å². The van der Waals surface area contributed by atoms with Gasteiger partial charge >= 0.3 is 5.97 Å². The van der Waals surface area contributed by atoms with E-state index in [4.69, 9.17) is 5.11 Å². The molecule has 0 bridgehead atoms. The predicted octanol–water partition coefficient (Wildman–Crippen LogP) is 3.42. The molecule has 0 saturated carbocycles. The number of carboxylic acid groups (broad SMARTS) is 1. The van der Waals surface area contributed by atoms with Gasteiger partial charge in [-0.2, -0.15) is 10.4 Å². The zero-order valence-electron chi connectivity index (χ0n) is 12.4. The maximum atomic E-state index is 10.9. The Hall–Kier alpha value is -3.39. The molecule has 0 radical (unpaired) electrons. The molecule has 0 amide bonds. The van der Waals surface area contributed by atoms with Crippen molar-refractivity contribution in [1.29, 1.82) is 5.26 Å². The van der Waals surface area contributed by atoms with E-state index in [9.17, 15) is 10.1 Å². The van der Waals surface area contributed by atoms with Gasteiger partial charge in [0.15, 0.2) is 0 Å². The SMILES string of the molecule is Cc1ccc(-c2nn(-c3ccc(C(=O)O)cc3)cc2C#N)cc1. The summed E-state index contributed by atoms with van der Waals surface area (Å²) in [6, 6.07) is 16.3. The number of aromatic nitrogens is 2. The zero-order chi connectivity index (χ0) is 16.4. The van der Waals surface area contributed by atoms with Gasteiger partial charge in [-0.05, 0) is 31.2 Å². The lowest BCUT2D eigenvalue weighted by Gasteiger charge is -2.02. The average molecular weight is 303 g/mol. The molecule has 5 heteroatoms. The molecule has 1 aromatic heterocycles. The van der Waals surface area contributed by atoms with Crippen LogP contribution < -0.4 is 0 Å². The quantitative estimate of drug-likeness (QED) is 0.804. The summed E-state index contributed by atoms with van der Waals surface area (Å²) in [5, 5.41) is 22.7. The van der Waals surface area contributed by atoms with Crippen molar-refractivity contribution < 1.29 is 9.90 Å². The van der Waals surface area contributed by atoms with Crippen molar-refractivity contribution in [3.05, 3.63) is 71.4 Å². The summed E-state index contributed by atoms with van der Waals surface area (Å²) in [6.45, 7) is 2.00. The van der Waals surface area contributed by atoms with Gasteiger partial charge in [-0.15, -0.1) is 0 Å². The Morgan fingerprint density at radius 1 is 1.13 bits per heavy atom. The molecule has 112 valence electrons. The lowest BCUT2D eigenvalue weighted by atomic mass is 10.1. The Balaban J connectivity index is 2.03. The molecule has 0 saturated heterocycles. The van der Waals surface area contributed by atoms with Gasteiger partial charge in [0.25, 0.3) is 0 Å². The van der Waals surface area contributed by atoms with Gasteiger partial charge in [0.2, 0.25) is 0 Å². The maximum absolute atomic E-state index is 10.9. The third-order valence-corrected chi connectivity index (χ3v) is 3.54. The molecule has 3 rings (SSSR count). The molecule has 0 aliphatic heterocycles. The highest BCUT2D eigenvalue weighted by Gasteiger charge is 2.12. The molecule has 0 unspecified atom stereocenters. The molecular formula is C18H13N3O2. The van der Waals surface area contributed by atoms with E-state index >= 15 is 0 Å². The molecule has 0 atom stereocenters. The van der Waals surface area contributed by atoms with Gasteiger partial charge < -0.3 is 5.11 Å². The molecular weight excluding hydrogens is 290 g/mol. The van der Waals surface area contributed by atoms with Gasteiger partial charge in [0.05, 0.1) is 16.8 Å². The van der Waals surface area contributed by atoms with Crippen molar-refractivity contribution in [1.82, 2.24) is 9.78 Å². The first kappa shape index (κ1) is 14.5. The van der Waals surface area contributed by atoms with Crippen LogP contribution in [0.2, 0.25) is 0 Å². The fourth-order valence-electron chi connectivity index (χ4n) is 2.27. The number of aromatic carboxylic acids is 1. The normalized spacial score (nSPS) is 10.3. The first-order valence-electron chi connectivity index (χ1n) is 6.99. The van der Waals surface area contributed by atoms with Crippen LogP contribution in [-0.2, 0) is 0 Å². The highest BCUT2D eigenvalue weighted by Crippen LogP contribution is 2.23. The number of carbonyl (C=O) groups is 1. The Morgan fingerprint density at radius 2 is 1.78 bits per heavy atom. The maximum Gasteiger partial charge on any atom is 0.335 e. The lowest BCUT2D eigenvalue weighted by molar-refractivity contribution is 0.0697. The molecule has 0 aliphatic carbocycles. The van der Waals surface area contributed by atoms with Gasteiger partial charge in [0, 0.05) is 11.8 Å². The minimum Gasteiger partial charge on any atom is -0.478 e. The van der Waals surface area contributed by atoms with Crippen molar-refractivity contribution in [3.63, 3.8) is 0 Å². The second kappa shape index (κ2) is 5.78. The number of hydrogen-bond acceptors (Lipinski definition) is 3. The first-order chi connectivity index (χ1) is 11.1. The largest absolute Gasteiger partial charge is 0.478 e. The van der Waals surface area contributed by atoms with E-state index in [0.29, 0.717) is 16.9 Å². The van der Waals surface area contributed by atoms with E-state index in [2.05, 4.69) is 11.2 Å². The van der Waals surface area contributed by atoms with Crippen molar-refractivity contribution in [2.24, 2.45) is 0 Å². The lowest BCUT2D eigenvalue weighted by Crippen LogP contribution is -1.98. The second-order valence-corrected chi connectivity index (χ2v) is 5.17. The molecule has 2 aromatic carbocycles. The smallest absolute Gasteiger partial charge is 0.335 e. The summed E-state index contributed by atoms with van der Waals surface area (Å²) < 4.78 is 1.58. The molecule has 23 heavy (non-hydrogen) atoms. The molecule has 1 heterocycles. The summed E-state index contributed by atoms with van der Waals surface area (Å²) in [4.78, 5) is 10.9. The highest BCUT2D eigenvalue weighted by atomic mass is 16.4.